The highest BCUT2D eigenvalue weighted by atomic mass is 32.1. The van der Waals surface area contributed by atoms with Crippen LogP contribution in [0.15, 0.2) is 35.8 Å². The Hall–Kier alpha value is -2.80. The highest BCUT2D eigenvalue weighted by Crippen LogP contribution is 2.37. The monoisotopic (exact) mass is 369 g/mol. The summed E-state index contributed by atoms with van der Waals surface area (Å²) in [5.41, 5.74) is 8.97. The summed E-state index contributed by atoms with van der Waals surface area (Å²) >= 11 is 1.62. The molecule has 1 fully saturated rings. The van der Waals surface area contributed by atoms with Gasteiger partial charge >= 0.3 is 6.09 Å². The number of aromatic amines is 1. The number of piperidine rings is 1. The molecule has 1 aliphatic heterocycles. The van der Waals surface area contributed by atoms with Crippen LogP contribution in [0.5, 0.6) is 0 Å². The Bertz CT molecular complexity index is 969. The van der Waals surface area contributed by atoms with Crippen molar-refractivity contribution in [1.29, 1.82) is 0 Å². The van der Waals surface area contributed by atoms with E-state index in [4.69, 9.17) is 10.8 Å². The van der Waals surface area contributed by atoms with Crippen LogP contribution in [0.25, 0.3) is 21.3 Å². The van der Waals surface area contributed by atoms with E-state index in [-0.39, 0.29) is 5.92 Å². The molecule has 3 aromatic rings. The van der Waals surface area contributed by atoms with Crippen LogP contribution in [-0.2, 0) is 0 Å². The van der Waals surface area contributed by atoms with E-state index in [1.165, 1.54) is 4.90 Å². The molecule has 0 saturated carbocycles. The van der Waals surface area contributed by atoms with Crippen molar-refractivity contribution in [2.45, 2.75) is 18.8 Å². The van der Waals surface area contributed by atoms with Gasteiger partial charge in [0.15, 0.2) is 0 Å². The van der Waals surface area contributed by atoms with E-state index in [9.17, 15) is 9.59 Å². The predicted molar refractivity (Wildman–Crippen MR) is 102 cm³/mol. The van der Waals surface area contributed by atoms with Crippen LogP contribution in [-0.4, -0.2) is 40.1 Å². The number of carboxylic acid groups (broad SMARTS) is 1. The van der Waals surface area contributed by atoms with E-state index in [2.05, 4.69) is 11.1 Å². The summed E-state index contributed by atoms with van der Waals surface area (Å²) in [6, 6.07) is 7.94. The number of hydrogen-bond donors (Lipinski definition) is 3. The number of aromatic nitrogens is 1. The van der Waals surface area contributed by atoms with Gasteiger partial charge in [-0.3, -0.25) is 4.79 Å². The highest BCUT2D eigenvalue weighted by molar-refractivity contribution is 7.13. The second kappa shape index (κ2) is 6.49. The number of carbonyl (C=O) groups excluding carboxylic acids is 1. The predicted octanol–water partition coefficient (Wildman–Crippen LogP) is 3.85. The molecule has 7 heteroatoms. The molecule has 1 aromatic carbocycles. The summed E-state index contributed by atoms with van der Waals surface area (Å²) in [5.74, 6) is -0.193. The molecular formula is C19H19N3O3S. The van der Waals surface area contributed by atoms with Crippen molar-refractivity contribution >= 4 is 34.2 Å². The van der Waals surface area contributed by atoms with Crippen LogP contribution in [0.4, 0.5) is 4.79 Å². The summed E-state index contributed by atoms with van der Waals surface area (Å²) in [6.45, 7) is 1.06. The molecule has 134 valence electrons. The lowest BCUT2D eigenvalue weighted by Crippen LogP contribution is -2.36. The molecule has 3 heterocycles. The van der Waals surface area contributed by atoms with Gasteiger partial charge < -0.3 is 20.7 Å². The second-order valence-corrected chi connectivity index (χ2v) is 7.52. The van der Waals surface area contributed by atoms with Crippen molar-refractivity contribution in [1.82, 2.24) is 9.88 Å². The van der Waals surface area contributed by atoms with E-state index in [0.717, 1.165) is 39.7 Å². The molecule has 2 amide bonds. The second-order valence-electron chi connectivity index (χ2n) is 6.58. The fraction of sp³-hybridized carbons (Fsp3) is 0.263. The minimum atomic E-state index is -0.863. The summed E-state index contributed by atoms with van der Waals surface area (Å²) in [7, 11) is 0. The van der Waals surface area contributed by atoms with Gasteiger partial charge in [0.05, 0.1) is 11.1 Å². The molecule has 6 nitrogen and oxygen atoms in total. The molecular weight excluding hydrogens is 350 g/mol. The van der Waals surface area contributed by atoms with Gasteiger partial charge in [-0.25, -0.2) is 4.79 Å². The van der Waals surface area contributed by atoms with Crippen molar-refractivity contribution in [3.05, 3.63) is 47.0 Å². The Labute approximate surface area is 154 Å². The Morgan fingerprint density at radius 3 is 2.65 bits per heavy atom. The number of carbonyl (C=O) groups is 2. The van der Waals surface area contributed by atoms with Crippen molar-refractivity contribution in [3.8, 4) is 10.4 Å². The van der Waals surface area contributed by atoms with Crippen LogP contribution >= 0.6 is 11.3 Å². The molecule has 4 N–H and O–H groups in total. The zero-order valence-electron chi connectivity index (χ0n) is 14.1. The summed E-state index contributed by atoms with van der Waals surface area (Å²) in [6.07, 6.45) is 2.62. The van der Waals surface area contributed by atoms with E-state index >= 15 is 0 Å². The molecule has 4 rings (SSSR count). The number of nitrogens with zero attached hydrogens (tertiary/aromatic N) is 1. The average Bonchev–Trinajstić information content (AvgIpc) is 3.30. The van der Waals surface area contributed by atoms with Gasteiger partial charge in [-0.15, -0.1) is 11.3 Å². The Kier molecular flexibility index (Phi) is 4.16. The number of nitrogens with two attached hydrogens (primary N) is 1. The first kappa shape index (κ1) is 16.7. The molecule has 2 aromatic heterocycles. The number of benzene rings is 1. The molecule has 26 heavy (non-hydrogen) atoms. The first-order valence-electron chi connectivity index (χ1n) is 8.51. The normalized spacial score (nSPS) is 15.5. The minimum absolute atomic E-state index is 0.263. The molecule has 0 unspecified atom stereocenters. The third-order valence-corrected chi connectivity index (χ3v) is 6.02. The largest absolute Gasteiger partial charge is 0.465 e. The third-order valence-electron chi connectivity index (χ3n) is 5.10. The van der Waals surface area contributed by atoms with E-state index in [0.29, 0.717) is 18.7 Å². The Morgan fingerprint density at radius 1 is 1.27 bits per heavy atom. The van der Waals surface area contributed by atoms with Gasteiger partial charge in [0.2, 0.25) is 0 Å². The standard InChI is InChI=1S/C19H19N3O3S/c20-18(23)14-9-12(16-2-1-7-26-16)8-13-15(10-21-17(13)14)11-3-5-22(6-4-11)19(24)25/h1-2,7-11,21H,3-6H2,(H2,20,23)(H,24,25). The third kappa shape index (κ3) is 2.84. The zero-order chi connectivity index (χ0) is 18.3. The molecule has 1 aliphatic rings. The van der Waals surface area contributed by atoms with Crippen LogP contribution < -0.4 is 5.73 Å². The van der Waals surface area contributed by atoms with Crippen LogP contribution in [0.1, 0.15) is 34.7 Å². The van der Waals surface area contributed by atoms with Crippen LogP contribution in [0, 0.1) is 0 Å². The SMILES string of the molecule is NC(=O)c1cc(-c2cccs2)cc2c(C3CCN(C(=O)O)CC3)c[nH]c12. The van der Waals surface area contributed by atoms with Crippen LogP contribution in [0.3, 0.4) is 0 Å². The molecule has 0 spiro atoms. The summed E-state index contributed by atoms with van der Waals surface area (Å²) in [5, 5.41) is 12.1. The lowest BCUT2D eigenvalue weighted by molar-refractivity contribution is 0.100. The Balaban J connectivity index is 1.77. The number of amides is 2. The lowest BCUT2D eigenvalue weighted by atomic mass is 9.88. The molecule has 0 aliphatic carbocycles. The fourth-order valence-electron chi connectivity index (χ4n) is 3.75. The van der Waals surface area contributed by atoms with Gasteiger partial charge in [0.25, 0.3) is 5.91 Å². The number of nitrogens with one attached hydrogen (secondary N) is 1. The van der Waals surface area contributed by atoms with Crippen molar-refractivity contribution in [2.75, 3.05) is 13.1 Å². The molecule has 0 atom stereocenters. The highest BCUT2D eigenvalue weighted by Gasteiger charge is 2.26. The molecule has 0 radical (unpaired) electrons. The number of primary amides is 1. The maximum Gasteiger partial charge on any atom is 0.407 e. The lowest BCUT2D eigenvalue weighted by Gasteiger charge is -2.29. The number of H-pyrrole nitrogens is 1. The van der Waals surface area contributed by atoms with Gasteiger partial charge in [0.1, 0.15) is 0 Å². The number of fused-ring (bicyclic) bond motifs is 1. The first-order valence-corrected chi connectivity index (χ1v) is 9.39. The Morgan fingerprint density at radius 2 is 2.04 bits per heavy atom. The van der Waals surface area contributed by atoms with E-state index in [1.54, 1.807) is 11.3 Å². The van der Waals surface area contributed by atoms with Crippen molar-refractivity contribution < 1.29 is 14.7 Å². The van der Waals surface area contributed by atoms with Crippen molar-refractivity contribution in [3.63, 3.8) is 0 Å². The fourth-order valence-corrected chi connectivity index (χ4v) is 4.47. The van der Waals surface area contributed by atoms with Crippen LogP contribution in [0.2, 0.25) is 0 Å². The smallest absolute Gasteiger partial charge is 0.407 e. The van der Waals surface area contributed by atoms with E-state index < -0.39 is 12.0 Å². The minimum Gasteiger partial charge on any atom is -0.465 e. The van der Waals surface area contributed by atoms with Gasteiger partial charge in [-0.2, -0.15) is 0 Å². The van der Waals surface area contributed by atoms with Gasteiger partial charge in [-0.05, 0) is 53.5 Å². The quantitative estimate of drug-likeness (QED) is 0.654. The number of rotatable bonds is 3. The van der Waals surface area contributed by atoms with E-state index in [1.807, 2.05) is 29.8 Å². The number of thiophene rings is 1. The maximum atomic E-state index is 12.0. The van der Waals surface area contributed by atoms with Gasteiger partial charge in [-0.1, -0.05) is 6.07 Å². The summed E-state index contributed by atoms with van der Waals surface area (Å²) in [4.78, 5) is 28.9. The topological polar surface area (TPSA) is 99.4 Å². The summed E-state index contributed by atoms with van der Waals surface area (Å²) < 4.78 is 0. The average molecular weight is 369 g/mol. The van der Waals surface area contributed by atoms with Crippen molar-refractivity contribution in [2.24, 2.45) is 5.73 Å². The van der Waals surface area contributed by atoms with Gasteiger partial charge in [0, 0.05) is 29.5 Å². The molecule has 1 saturated heterocycles. The number of likely N-dealkylation sites (tertiary alicyclic amines) is 1. The first-order chi connectivity index (χ1) is 12.5. The molecule has 0 bridgehead atoms. The number of hydrogen-bond acceptors (Lipinski definition) is 3. The zero-order valence-corrected chi connectivity index (χ0v) is 14.9. The maximum absolute atomic E-state index is 12.0.